The van der Waals surface area contributed by atoms with Gasteiger partial charge in [-0.05, 0) is 18.2 Å². The summed E-state index contributed by atoms with van der Waals surface area (Å²) in [4.78, 5) is 35.9. The van der Waals surface area contributed by atoms with Crippen LogP contribution < -0.4 is 0 Å². The highest BCUT2D eigenvalue weighted by molar-refractivity contribution is 7.16. The van der Waals surface area contributed by atoms with E-state index in [0.717, 1.165) is 17.4 Å². The zero-order valence-electron chi connectivity index (χ0n) is 13.5. The minimum Gasteiger partial charge on any atom is -0.465 e. The van der Waals surface area contributed by atoms with E-state index in [1.165, 1.54) is 25.4 Å². The van der Waals surface area contributed by atoms with Crippen LogP contribution in [-0.4, -0.2) is 34.0 Å². The van der Waals surface area contributed by atoms with Crippen molar-refractivity contribution in [3.05, 3.63) is 64.7 Å². The monoisotopic (exact) mass is 373 g/mol. The number of esters is 2. The second-order valence-electron chi connectivity index (χ2n) is 4.98. The summed E-state index contributed by atoms with van der Waals surface area (Å²) >= 11 is 1.08. The highest BCUT2D eigenvalue weighted by Gasteiger charge is 2.16. The summed E-state index contributed by atoms with van der Waals surface area (Å²) in [5, 5.41) is 0.478. The molecule has 0 spiro atoms. The summed E-state index contributed by atoms with van der Waals surface area (Å²) in [6, 6.07) is 5.47. The SMILES string of the molecule is COC(=O)c1ccc(COC(=O)c2cnc(-c3ncccn3)s2)c(F)c1. The summed E-state index contributed by atoms with van der Waals surface area (Å²) in [6.07, 6.45) is 4.50. The van der Waals surface area contributed by atoms with E-state index in [4.69, 9.17) is 4.74 Å². The largest absolute Gasteiger partial charge is 0.465 e. The number of carbonyl (C=O) groups is 2. The first-order chi connectivity index (χ1) is 12.6. The molecule has 0 unspecified atom stereocenters. The number of aromatic nitrogens is 3. The van der Waals surface area contributed by atoms with Crippen LogP contribution in [0.2, 0.25) is 0 Å². The van der Waals surface area contributed by atoms with E-state index >= 15 is 0 Å². The zero-order valence-corrected chi connectivity index (χ0v) is 14.3. The number of nitrogens with zero attached hydrogens (tertiary/aromatic N) is 3. The molecule has 3 aromatic rings. The van der Waals surface area contributed by atoms with E-state index in [1.807, 2.05) is 0 Å². The second-order valence-corrected chi connectivity index (χ2v) is 6.01. The van der Waals surface area contributed by atoms with Gasteiger partial charge < -0.3 is 9.47 Å². The van der Waals surface area contributed by atoms with E-state index < -0.39 is 17.8 Å². The van der Waals surface area contributed by atoms with Crippen molar-refractivity contribution in [2.24, 2.45) is 0 Å². The average molecular weight is 373 g/mol. The summed E-state index contributed by atoms with van der Waals surface area (Å²) in [7, 11) is 1.21. The molecular formula is C17H12FN3O4S. The Labute approximate surface area is 151 Å². The third kappa shape index (κ3) is 3.89. The fourth-order valence-electron chi connectivity index (χ4n) is 2.01. The Balaban J connectivity index is 1.66. The number of thiazole rings is 1. The molecule has 0 N–H and O–H groups in total. The number of hydrogen-bond acceptors (Lipinski definition) is 8. The highest BCUT2D eigenvalue weighted by Crippen LogP contribution is 2.22. The fourth-order valence-corrected chi connectivity index (χ4v) is 2.76. The Morgan fingerprint density at radius 2 is 1.92 bits per heavy atom. The number of methoxy groups -OCH3 is 1. The number of halogens is 1. The van der Waals surface area contributed by atoms with E-state index in [9.17, 15) is 14.0 Å². The molecule has 2 aromatic heterocycles. The minimum atomic E-state index is -0.664. The van der Waals surface area contributed by atoms with Crippen LogP contribution in [0.1, 0.15) is 25.6 Å². The van der Waals surface area contributed by atoms with Crippen molar-refractivity contribution < 1.29 is 23.5 Å². The highest BCUT2D eigenvalue weighted by atomic mass is 32.1. The van der Waals surface area contributed by atoms with Gasteiger partial charge in [-0.2, -0.15) is 0 Å². The predicted octanol–water partition coefficient (Wildman–Crippen LogP) is 2.88. The lowest BCUT2D eigenvalue weighted by Crippen LogP contribution is -2.06. The Hall–Kier alpha value is -3.20. The standard InChI is InChI=1S/C17H12FN3O4S/c1-24-16(22)10-3-4-11(12(18)7-10)9-25-17(23)13-8-21-15(26-13)14-19-5-2-6-20-14/h2-8H,9H2,1H3. The van der Waals surface area contributed by atoms with Crippen molar-refractivity contribution in [2.45, 2.75) is 6.61 Å². The molecule has 1 aromatic carbocycles. The number of carbonyl (C=O) groups excluding carboxylic acids is 2. The van der Waals surface area contributed by atoms with Crippen molar-refractivity contribution in [3.8, 4) is 10.8 Å². The molecule has 0 saturated heterocycles. The Morgan fingerprint density at radius 3 is 2.62 bits per heavy atom. The van der Waals surface area contributed by atoms with Crippen LogP contribution in [0.5, 0.6) is 0 Å². The van der Waals surface area contributed by atoms with Crippen LogP contribution in [0.4, 0.5) is 4.39 Å². The van der Waals surface area contributed by atoms with Gasteiger partial charge in [-0.3, -0.25) is 0 Å². The molecule has 0 saturated carbocycles. The van der Waals surface area contributed by atoms with Gasteiger partial charge in [0.2, 0.25) is 0 Å². The van der Waals surface area contributed by atoms with Crippen LogP contribution >= 0.6 is 11.3 Å². The van der Waals surface area contributed by atoms with Gasteiger partial charge in [0.05, 0.1) is 18.9 Å². The molecule has 0 aliphatic heterocycles. The van der Waals surface area contributed by atoms with Crippen LogP contribution in [-0.2, 0) is 16.1 Å². The molecule has 26 heavy (non-hydrogen) atoms. The quantitative estimate of drug-likeness (QED) is 0.635. The first kappa shape index (κ1) is 17.6. The summed E-state index contributed by atoms with van der Waals surface area (Å²) < 4.78 is 23.6. The molecule has 7 nitrogen and oxygen atoms in total. The molecular weight excluding hydrogens is 361 g/mol. The summed E-state index contributed by atoms with van der Waals surface area (Å²) in [5.74, 6) is -1.54. The van der Waals surface area contributed by atoms with E-state index in [1.54, 1.807) is 18.5 Å². The van der Waals surface area contributed by atoms with Crippen molar-refractivity contribution in [1.82, 2.24) is 15.0 Å². The van der Waals surface area contributed by atoms with Crippen LogP contribution in [0, 0.1) is 5.82 Å². The van der Waals surface area contributed by atoms with Gasteiger partial charge >= 0.3 is 11.9 Å². The molecule has 0 amide bonds. The Bertz CT molecular complexity index is 946. The number of rotatable bonds is 5. The maximum Gasteiger partial charge on any atom is 0.350 e. The van der Waals surface area contributed by atoms with Gasteiger partial charge in [-0.1, -0.05) is 6.07 Å². The topological polar surface area (TPSA) is 91.3 Å². The molecule has 3 rings (SSSR count). The third-order valence-corrected chi connectivity index (χ3v) is 4.27. The number of benzene rings is 1. The fraction of sp³-hybridized carbons (Fsp3) is 0.118. The molecule has 0 radical (unpaired) electrons. The van der Waals surface area contributed by atoms with Crippen LogP contribution in [0.25, 0.3) is 10.8 Å². The maximum absolute atomic E-state index is 14.0. The normalized spacial score (nSPS) is 10.4. The minimum absolute atomic E-state index is 0.0787. The molecule has 0 aliphatic carbocycles. The molecule has 0 bridgehead atoms. The third-order valence-electron chi connectivity index (χ3n) is 3.30. The lowest BCUT2D eigenvalue weighted by Gasteiger charge is -2.06. The van der Waals surface area contributed by atoms with Gasteiger partial charge in [0.15, 0.2) is 10.8 Å². The zero-order chi connectivity index (χ0) is 18.5. The van der Waals surface area contributed by atoms with Crippen molar-refractivity contribution >= 4 is 23.3 Å². The van der Waals surface area contributed by atoms with Crippen LogP contribution in [0.15, 0.2) is 42.9 Å². The van der Waals surface area contributed by atoms with Crippen molar-refractivity contribution in [3.63, 3.8) is 0 Å². The number of hydrogen-bond donors (Lipinski definition) is 0. The number of ether oxygens (including phenoxy) is 2. The smallest absolute Gasteiger partial charge is 0.350 e. The van der Waals surface area contributed by atoms with Gasteiger partial charge in [0.1, 0.15) is 17.3 Å². The van der Waals surface area contributed by atoms with Gasteiger partial charge in [-0.15, -0.1) is 11.3 Å². The van der Waals surface area contributed by atoms with Crippen molar-refractivity contribution in [2.75, 3.05) is 7.11 Å². The van der Waals surface area contributed by atoms with E-state index in [2.05, 4.69) is 19.7 Å². The van der Waals surface area contributed by atoms with Gasteiger partial charge in [-0.25, -0.2) is 28.9 Å². The lowest BCUT2D eigenvalue weighted by molar-refractivity contribution is 0.0473. The predicted molar refractivity (Wildman–Crippen MR) is 90.0 cm³/mol. The van der Waals surface area contributed by atoms with E-state index in [0.29, 0.717) is 10.8 Å². The summed E-state index contributed by atoms with van der Waals surface area (Å²) in [5.41, 5.74) is 0.220. The first-order valence-electron chi connectivity index (χ1n) is 7.35. The first-order valence-corrected chi connectivity index (χ1v) is 8.17. The Kier molecular flexibility index (Phi) is 5.28. The molecule has 0 fully saturated rings. The molecule has 2 heterocycles. The van der Waals surface area contributed by atoms with Crippen LogP contribution in [0.3, 0.4) is 0 Å². The lowest BCUT2D eigenvalue weighted by atomic mass is 10.1. The maximum atomic E-state index is 14.0. The second kappa shape index (κ2) is 7.79. The van der Waals surface area contributed by atoms with E-state index in [-0.39, 0.29) is 22.6 Å². The van der Waals surface area contributed by atoms with Gasteiger partial charge in [0, 0.05) is 18.0 Å². The molecule has 132 valence electrons. The van der Waals surface area contributed by atoms with Gasteiger partial charge in [0.25, 0.3) is 0 Å². The Morgan fingerprint density at radius 1 is 1.15 bits per heavy atom. The molecule has 0 atom stereocenters. The van der Waals surface area contributed by atoms with Crippen molar-refractivity contribution in [1.29, 1.82) is 0 Å². The molecule has 0 aliphatic rings. The summed E-state index contributed by atoms with van der Waals surface area (Å²) in [6.45, 7) is -0.277. The molecule has 9 heteroatoms. The average Bonchev–Trinajstić information content (AvgIpc) is 3.17.